The second-order valence-electron chi connectivity index (χ2n) is 7.73. The third-order valence-corrected chi connectivity index (χ3v) is 6.08. The van der Waals surface area contributed by atoms with Gasteiger partial charge in [0.25, 0.3) is 0 Å². The van der Waals surface area contributed by atoms with E-state index in [1.807, 2.05) is 18.2 Å². The Balaban J connectivity index is 1.40. The highest BCUT2D eigenvalue weighted by atomic mass is 79.9. The second kappa shape index (κ2) is 10.7. The molecule has 3 aromatic rings. The first-order valence-corrected chi connectivity index (χ1v) is 11.5. The van der Waals surface area contributed by atoms with Crippen LogP contribution in [0.1, 0.15) is 24.0 Å². The molecule has 2 N–H and O–H groups in total. The molecule has 0 spiro atoms. The van der Waals surface area contributed by atoms with Crippen LogP contribution in [0, 0.1) is 0 Å². The van der Waals surface area contributed by atoms with Crippen LogP contribution in [0.5, 0.6) is 11.5 Å². The van der Waals surface area contributed by atoms with Gasteiger partial charge in [-0.15, -0.1) is 0 Å². The molecule has 32 heavy (non-hydrogen) atoms. The molecule has 0 unspecified atom stereocenters. The molecular formula is C24H28BrN5O2. The Morgan fingerprint density at radius 2 is 1.81 bits per heavy atom. The van der Waals surface area contributed by atoms with E-state index in [0.29, 0.717) is 18.3 Å². The van der Waals surface area contributed by atoms with Crippen LogP contribution in [0.25, 0.3) is 0 Å². The van der Waals surface area contributed by atoms with Crippen molar-refractivity contribution < 1.29 is 9.47 Å². The molecule has 7 nitrogen and oxygen atoms in total. The highest BCUT2D eigenvalue weighted by molar-refractivity contribution is 9.10. The molecule has 2 heterocycles. The lowest BCUT2D eigenvalue weighted by molar-refractivity contribution is 0.331. The number of ether oxygens (including phenoxy) is 2. The Morgan fingerprint density at radius 1 is 1.03 bits per heavy atom. The van der Waals surface area contributed by atoms with Gasteiger partial charge in [0, 0.05) is 36.6 Å². The molecule has 0 aliphatic carbocycles. The molecule has 0 bridgehead atoms. The number of benzene rings is 2. The largest absolute Gasteiger partial charge is 0.497 e. The SMILES string of the molecule is COc1ccc(CNc2nc(Nc3ccc(CN4CCCC4)cc3)ncc2Br)c(OC)c1. The molecule has 4 rings (SSSR count). The van der Waals surface area contributed by atoms with Gasteiger partial charge in [0.05, 0.1) is 18.7 Å². The van der Waals surface area contributed by atoms with E-state index in [1.54, 1.807) is 20.4 Å². The van der Waals surface area contributed by atoms with Crippen molar-refractivity contribution in [3.8, 4) is 11.5 Å². The van der Waals surface area contributed by atoms with Crippen LogP contribution in [-0.2, 0) is 13.1 Å². The van der Waals surface area contributed by atoms with E-state index in [2.05, 4.69) is 65.7 Å². The standard InChI is InChI=1S/C24H28BrN5O2/c1-31-20-10-7-18(22(13-20)32-2)14-26-23-21(25)15-27-24(29-23)28-19-8-5-17(6-9-19)16-30-11-3-4-12-30/h5-10,13,15H,3-4,11-12,14,16H2,1-2H3,(H2,26,27,28,29). The summed E-state index contributed by atoms with van der Waals surface area (Å²) in [5, 5.41) is 6.64. The first-order chi connectivity index (χ1) is 15.6. The quantitative estimate of drug-likeness (QED) is 0.420. The molecule has 0 radical (unpaired) electrons. The maximum atomic E-state index is 5.48. The number of nitrogens with one attached hydrogen (secondary N) is 2. The van der Waals surface area contributed by atoms with Gasteiger partial charge < -0.3 is 20.1 Å². The van der Waals surface area contributed by atoms with E-state index in [1.165, 1.54) is 31.5 Å². The number of hydrogen-bond acceptors (Lipinski definition) is 7. The zero-order valence-electron chi connectivity index (χ0n) is 18.4. The Labute approximate surface area is 197 Å². The summed E-state index contributed by atoms with van der Waals surface area (Å²) < 4.78 is 11.5. The Bertz CT molecular complexity index is 1040. The summed E-state index contributed by atoms with van der Waals surface area (Å²) in [6.45, 7) is 3.96. The minimum Gasteiger partial charge on any atom is -0.497 e. The summed E-state index contributed by atoms with van der Waals surface area (Å²) in [5.74, 6) is 2.75. The number of nitrogens with zero attached hydrogens (tertiary/aromatic N) is 3. The van der Waals surface area contributed by atoms with Gasteiger partial charge >= 0.3 is 0 Å². The lowest BCUT2D eigenvalue weighted by Crippen LogP contribution is -2.18. The highest BCUT2D eigenvalue weighted by Crippen LogP contribution is 2.27. The van der Waals surface area contributed by atoms with Crippen LogP contribution in [0.3, 0.4) is 0 Å². The number of likely N-dealkylation sites (tertiary alicyclic amines) is 1. The molecule has 0 atom stereocenters. The molecule has 1 aliphatic rings. The van der Waals surface area contributed by atoms with Gasteiger partial charge in [0.2, 0.25) is 5.95 Å². The first-order valence-electron chi connectivity index (χ1n) is 10.7. The average molecular weight is 498 g/mol. The molecule has 8 heteroatoms. The molecular weight excluding hydrogens is 470 g/mol. The van der Waals surface area contributed by atoms with E-state index in [9.17, 15) is 0 Å². The van der Waals surface area contributed by atoms with Crippen molar-refractivity contribution in [3.05, 3.63) is 64.3 Å². The van der Waals surface area contributed by atoms with Crippen molar-refractivity contribution in [2.24, 2.45) is 0 Å². The molecule has 1 aromatic heterocycles. The number of methoxy groups -OCH3 is 2. The van der Waals surface area contributed by atoms with Gasteiger partial charge in [-0.25, -0.2) is 4.98 Å². The van der Waals surface area contributed by atoms with E-state index in [-0.39, 0.29) is 0 Å². The predicted molar refractivity (Wildman–Crippen MR) is 131 cm³/mol. The van der Waals surface area contributed by atoms with Crippen molar-refractivity contribution in [3.63, 3.8) is 0 Å². The monoisotopic (exact) mass is 497 g/mol. The van der Waals surface area contributed by atoms with Gasteiger partial charge in [-0.1, -0.05) is 12.1 Å². The summed E-state index contributed by atoms with van der Waals surface area (Å²) in [6.07, 6.45) is 4.36. The van der Waals surface area contributed by atoms with Crippen LogP contribution in [0.4, 0.5) is 17.5 Å². The summed E-state index contributed by atoms with van der Waals surface area (Å²) >= 11 is 3.53. The highest BCUT2D eigenvalue weighted by Gasteiger charge is 2.12. The minimum absolute atomic E-state index is 0.532. The number of halogens is 1. The lowest BCUT2D eigenvalue weighted by Gasteiger charge is -2.15. The van der Waals surface area contributed by atoms with Gasteiger partial charge in [-0.05, 0) is 71.7 Å². The van der Waals surface area contributed by atoms with Crippen molar-refractivity contribution in [1.82, 2.24) is 14.9 Å². The van der Waals surface area contributed by atoms with Crippen LogP contribution in [0.2, 0.25) is 0 Å². The summed E-state index contributed by atoms with van der Waals surface area (Å²) in [6, 6.07) is 14.2. The van der Waals surface area contributed by atoms with Gasteiger partial charge in [-0.2, -0.15) is 4.98 Å². The Morgan fingerprint density at radius 3 is 2.53 bits per heavy atom. The molecule has 0 amide bonds. The second-order valence-corrected chi connectivity index (χ2v) is 8.58. The zero-order chi connectivity index (χ0) is 22.3. The molecule has 0 saturated carbocycles. The van der Waals surface area contributed by atoms with Crippen LogP contribution >= 0.6 is 15.9 Å². The number of anilines is 3. The normalized spacial score (nSPS) is 13.7. The fourth-order valence-corrected chi connectivity index (χ4v) is 4.08. The maximum Gasteiger partial charge on any atom is 0.229 e. The number of hydrogen-bond donors (Lipinski definition) is 2. The summed E-state index contributed by atoms with van der Waals surface area (Å²) in [5.41, 5.74) is 3.28. The summed E-state index contributed by atoms with van der Waals surface area (Å²) in [7, 11) is 3.29. The van der Waals surface area contributed by atoms with Crippen LogP contribution in [0.15, 0.2) is 53.1 Å². The van der Waals surface area contributed by atoms with E-state index in [4.69, 9.17) is 9.47 Å². The van der Waals surface area contributed by atoms with Crippen molar-refractivity contribution in [2.75, 3.05) is 37.9 Å². The maximum absolute atomic E-state index is 5.48. The minimum atomic E-state index is 0.532. The fourth-order valence-electron chi connectivity index (χ4n) is 3.75. The van der Waals surface area contributed by atoms with Gasteiger partial charge in [0.1, 0.15) is 17.3 Å². The fraction of sp³-hybridized carbons (Fsp3) is 0.333. The average Bonchev–Trinajstić information content (AvgIpc) is 3.33. The van der Waals surface area contributed by atoms with Crippen molar-refractivity contribution >= 4 is 33.4 Å². The van der Waals surface area contributed by atoms with E-state index >= 15 is 0 Å². The number of aromatic nitrogens is 2. The third-order valence-electron chi connectivity index (χ3n) is 5.50. The molecule has 2 aromatic carbocycles. The van der Waals surface area contributed by atoms with E-state index in [0.717, 1.165) is 33.8 Å². The molecule has 1 saturated heterocycles. The van der Waals surface area contributed by atoms with Crippen molar-refractivity contribution in [2.45, 2.75) is 25.9 Å². The van der Waals surface area contributed by atoms with E-state index < -0.39 is 0 Å². The molecule has 1 aliphatic heterocycles. The predicted octanol–water partition coefficient (Wildman–Crippen LogP) is 5.21. The number of rotatable bonds is 9. The van der Waals surface area contributed by atoms with Crippen molar-refractivity contribution in [1.29, 1.82) is 0 Å². The Hall–Kier alpha value is -2.84. The Kier molecular flexibility index (Phi) is 7.44. The summed E-state index contributed by atoms with van der Waals surface area (Å²) in [4.78, 5) is 11.5. The smallest absolute Gasteiger partial charge is 0.229 e. The van der Waals surface area contributed by atoms with Gasteiger partial charge in [0.15, 0.2) is 0 Å². The zero-order valence-corrected chi connectivity index (χ0v) is 20.0. The van der Waals surface area contributed by atoms with Gasteiger partial charge in [-0.3, -0.25) is 4.90 Å². The third kappa shape index (κ3) is 5.69. The molecule has 168 valence electrons. The first kappa shape index (κ1) is 22.4. The molecule has 1 fully saturated rings. The lowest BCUT2D eigenvalue weighted by atomic mass is 10.2. The topological polar surface area (TPSA) is 71.5 Å². The van der Waals surface area contributed by atoms with Crippen LogP contribution < -0.4 is 20.1 Å². The van der Waals surface area contributed by atoms with Crippen LogP contribution in [-0.4, -0.2) is 42.2 Å².